The van der Waals surface area contributed by atoms with Gasteiger partial charge in [-0.25, -0.2) is 4.57 Å². The third-order valence-corrected chi connectivity index (χ3v) is 4.35. The van der Waals surface area contributed by atoms with Crippen LogP contribution in [0, 0.1) is 0 Å². The summed E-state index contributed by atoms with van der Waals surface area (Å²) in [6.07, 6.45) is 0. The van der Waals surface area contributed by atoms with E-state index in [9.17, 15) is 4.57 Å². The van der Waals surface area contributed by atoms with Crippen LogP contribution < -0.4 is 10.3 Å². The topological polar surface area (TPSA) is 64.8 Å². The van der Waals surface area contributed by atoms with Crippen molar-refractivity contribution in [2.45, 2.75) is 39.8 Å². The number of nitrogen functional groups attached to an aromatic ring is 1. The highest BCUT2D eigenvalue weighted by atomic mass is 31.2. The van der Waals surface area contributed by atoms with Crippen molar-refractivity contribution in [3.8, 4) is 5.75 Å². The highest BCUT2D eigenvalue weighted by molar-refractivity contribution is 7.53. The number of hydrogen-bond acceptors (Lipinski definition) is 5. The normalized spacial score (nSPS) is 14.7. The van der Waals surface area contributed by atoms with Crippen LogP contribution in [0.4, 0.5) is 5.69 Å². The molecule has 6 heteroatoms. The predicted octanol–water partition coefficient (Wildman–Crippen LogP) is 3.61. The average molecular weight is 314 g/mol. The summed E-state index contributed by atoms with van der Waals surface area (Å²) in [4.78, 5) is 2.28. The minimum absolute atomic E-state index is 0.374. The molecule has 0 bridgehead atoms. The Morgan fingerprint density at radius 2 is 1.67 bits per heavy atom. The summed E-state index contributed by atoms with van der Waals surface area (Å²) in [7, 11) is -3.11. The van der Waals surface area contributed by atoms with E-state index in [0.717, 1.165) is 6.54 Å². The zero-order valence-electron chi connectivity index (χ0n) is 13.6. The molecule has 0 radical (unpaired) electrons. The molecule has 1 rings (SSSR count). The van der Waals surface area contributed by atoms with Crippen molar-refractivity contribution in [2.75, 3.05) is 25.6 Å². The molecule has 1 unspecified atom stereocenters. The number of anilines is 1. The van der Waals surface area contributed by atoms with Gasteiger partial charge in [-0.1, -0.05) is 0 Å². The van der Waals surface area contributed by atoms with E-state index in [0.29, 0.717) is 30.1 Å². The number of hydrogen-bond donors (Lipinski definition) is 1. The van der Waals surface area contributed by atoms with Gasteiger partial charge in [0.25, 0.3) is 0 Å². The monoisotopic (exact) mass is 314 g/mol. The molecule has 0 amide bonds. The molecular formula is C15H27N2O3P. The Hall–Kier alpha value is -1.03. The zero-order chi connectivity index (χ0) is 16.0. The molecule has 0 aromatic heterocycles. The van der Waals surface area contributed by atoms with Gasteiger partial charge in [0.05, 0.1) is 6.61 Å². The van der Waals surface area contributed by atoms with E-state index in [1.165, 1.54) is 6.66 Å². The minimum atomic E-state index is -3.11. The molecule has 120 valence electrons. The first-order valence-corrected chi connectivity index (χ1v) is 9.23. The van der Waals surface area contributed by atoms with Crippen molar-refractivity contribution < 1.29 is 13.6 Å². The molecule has 0 aliphatic heterocycles. The second-order valence-electron chi connectivity index (χ2n) is 5.69. The third-order valence-electron chi connectivity index (χ3n) is 3.15. The molecule has 0 fully saturated rings. The van der Waals surface area contributed by atoms with Gasteiger partial charge in [-0.15, -0.1) is 0 Å². The molecule has 1 aromatic rings. The fourth-order valence-electron chi connectivity index (χ4n) is 2.17. The van der Waals surface area contributed by atoms with E-state index in [1.54, 1.807) is 24.3 Å². The van der Waals surface area contributed by atoms with E-state index in [1.807, 2.05) is 0 Å². The van der Waals surface area contributed by atoms with Gasteiger partial charge in [0.1, 0.15) is 5.75 Å². The van der Waals surface area contributed by atoms with Gasteiger partial charge in [0, 0.05) is 31.0 Å². The predicted molar refractivity (Wildman–Crippen MR) is 87.9 cm³/mol. The van der Waals surface area contributed by atoms with Crippen molar-refractivity contribution in [1.29, 1.82) is 0 Å². The van der Waals surface area contributed by atoms with Gasteiger partial charge in [0.2, 0.25) is 0 Å². The smallest absolute Gasteiger partial charge is 0.376 e. The Bertz CT molecular complexity index is 466. The molecule has 1 aromatic carbocycles. The van der Waals surface area contributed by atoms with E-state index < -0.39 is 7.60 Å². The molecular weight excluding hydrogens is 287 g/mol. The third kappa shape index (κ3) is 6.51. The first-order valence-electron chi connectivity index (χ1n) is 7.24. The summed E-state index contributed by atoms with van der Waals surface area (Å²) in [5.41, 5.74) is 6.24. The van der Waals surface area contributed by atoms with Crippen molar-refractivity contribution >= 4 is 13.3 Å². The van der Waals surface area contributed by atoms with Crippen LogP contribution in [0.2, 0.25) is 0 Å². The van der Waals surface area contributed by atoms with E-state index in [-0.39, 0.29) is 0 Å². The van der Waals surface area contributed by atoms with Crippen molar-refractivity contribution in [2.24, 2.45) is 0 Å². The summed E-state index contributed by atoms with van der Waals surface area (Å²) >= 11 is 0. The standard InChI is InChI=1S/C15H27N2O3P/c1-12(2)17(13(3)4)10-11-19-21(5,18)20-15-8-6-14(16)7-9-15/h6-9,12-13H,10-11,16H2,1-5H3. The molecule has 0 heterocycles. The van der Waals surface area contributed by atoms with Gasteiger partial charge in [-0.2, -0.15) is 0 Å². The van der Waals surface area contributed by atoms with Crippen LogP contribution in [-0.2, 0) is 9.09 Å². The lowest BCUT2D eigenvalue weighted by atomic mass is 10.2. The number of nitrogens with zero attached hydrogens (tertiary/aromatic N) is 1. The number of rotatable bonds is 8. The molecule has 0 saturated carbocycles. The van der Waals surface area contributed by atoms with Crippen LogP contribution >= 0.6 is 7.60 Å². The fraction of sp³-hybridized carbons (Fsp3) is 0.600. The number of nitrogens with two attached hydrogens (primary N) is 1. The lowest BCUT2D eigenvalue weighted by Crippen LogP contribution is -2.39. The van der Waals surface area contributed by atoms with Crippen LogP contribution in [0.3, 0.4) is 0 Å². The van der Waals surface area contributed by atoms with Crippen LogP contribution in [0.25, 0.3) is 0 Å². The summed E-state index contributed by atoms with van der Waals surface area (Å²) < 4.78 is 23.2. The first kappa shape index (κ1) is 18.0. The van der Waals surface area contributed by atoms with Crippen molar-refractivity contribution in [3.63, 3.8) is 0 Å². The summed E-state index contributed by atoms with van der Waals surface area (Å²) in [5.74, 6) is 0.500. The Balaban J connectivity index is 2.49. The molecule has 1 atom stereocenters. The number of benzene rings is 1. The lowest BCUT2D eigenvalue weighted by Gasteiger charge is -2.30. The average Bonchev–Trinajstić information content (AvgIpc) is 2.36. The SMILES string of the molecule is CC(C)N(CCOP(C)(=O)Oc1ccc(N)cc1)C(C)C. The van der Waals surface area contributed by atoms with Gasteiger partial charge in [0.15, 0.2) is 0 Å². The Labute approximate surface area is 128 Å². The van der Waals surface area contributed by atoms with E-state index in [2.05, 4.69) is 32.6 Å². The second kappa shape index (κ2) is 7.83. The summed E-state index contributed by atoms with van der Waals surface area (Å²) in [5, 5.41) is 0. The van der Waals surface area contributed by atoms with E-state index >= 15 is 0 Å². The van der Waals surface area contributed by atoms with Gasteiger partial charge in [-0.05, 0) is 52.0 Å². The first-order chi connectivity index (χ1) is 9.71. The van der Waals surface area contributed by atoms with Crippen LogP contribution in [-0.4, -0.2) is 36.8 Å². The highest BCUT2D eigenvalue weighted by Gasteiger charge is 2.20. The molecule has 0 spiro atoms. The van der Waals surface area contributed by atoms with Gasteiger partial charge in [-0.3, -0.25) is 9.42 Å². The molecule has 0 aliphatic carbocycles. The zero-order valence-corrected chi connectivity index (χ0v) is 14.5. The van der Waals surface area contributed by atoms with Crippen LogP contribution in [0.15, 0.2) is 24.3 Å². The van der Waals surface area contributed by atoms with Crippen molar-refractivity contribution in [1.82, 2.24) is 4.90 Å². The minimum Gasteiger partial charge on any atom is -0.425 e. The van der Waals surface area contributed by atoms with Gasteiger partial charge >= 0.3 is 7.60 Å². The molecule has 5 nitrogen and oxygen atoms in total. The maximum Gasteiger partial charge on any atom is 0.376 e. The van der Waals surface area contributed by atoms with E-state index in [4.69, 9.17) is 14.8 Å². The van der Waals surface area contributed by atoms with Crippen LogP contribution in [0.5, 0.6) is 5.75 Å². The Kier molecular flexibility index (Phi) is 6.72. The quantitative estimate of drug-likeness (QED) is 0.586. The molecule has 2 N–H and O–H groups in total. The maximum atomic E-state index is 12.3. The fourth-order valence-corrected chi connectivity index (χ4v) is 3.14. The summed E-state index contributed by atoms with van der Waals surface area (Å²) in [6, 6.07) is 7.61. The molecule has 0 saturated heterocycles. The highest BCUT2D eigenvalue weighted by Crippen LogP contribution is 2.44. The largest absolute Gasteiger partial charge is 0.425 e. The van der Waals surface area contributed by atoms with Gasteiger partial charge < -0.3 is 10.3 Å². The maximum absolute atomic E-state index is 12.3. The molecule has 0 aliphatic rings. The molecule has 21 heavy (non-hydrogen) atoms. The van der Waals surface area contributed by atoms with Crippen molar-refractivity contribution in [3.05, 3.63) is 24.3 Å². The summed E-state index contributed by atoms with van der Waals surface area (Å²) in [6.45, 7) is 11.1. The second-order valence-corrected chi connectivity index (χ2v) is 7.67. The Morgan fingerprint density at radius 1 is 1.14 bits per heavy atom. The Morgan fingerprint density at radius 3 is 2.14 bits per heavy atom. The van der Waals surface area contributed by atoms with Crippen LogP contribution in [0.1, 0.15) is 27.7 Å². The lowest BCUT2D eigenvalue weighted by molar-refractivity contribution is 0.137.